The number of anilines is 2. The molecule has 1 heterocycles. The molecule has 0 radical (unpaired) electrons. The fourth-order valence-corrected chi connectivity index (χ4v) is 5.06. The Morgan fingerprint density at radius 1 is 0.931 bits per heavy atom. The highest BCUT2D eigenvalue weighted by Crippen LogP contribution is 2.32. The van der Waals surface area contributed by atoms with E-state index >= 15 is 0 Å². The van der Waals surface area contributed by atoms with Gasteiger partial charge in [-0.2, -0.15) is 0 Å². The molecule has 3 aromatic rings. The van der Waals surface area contributed by atoms with Crippen molar-refractivity contribution >= 4 is 38.9 Å². The van der Waals surface area contributed by atoms with E-state index in [0.717, 1.165) is 24.1 Å². The van der Waals surface area contributed by atoms with E-state index in [2.05, 4.69) is 5.32 Å². The van der Waals surface area contributed by atoms with Crippen LogP contribution in [0.15, 0.2) is 77.7 Å². The second kappa shape index (κ2) is 7.89. The van der Waals surface area contributed by atoms with Crippen molar-refractivity contribution < 1.29 is 13.2 Å². The number of nitrogens with one attached hydrogen (secondary N) is 1. The largest absolute Gasteiger partial charge is 0.322 e. The Morgan fingerprint density at radius 3 is 2.34 bits per heavy atom. The van der Waals surface area contributed by atoms with Crippen LogP contribution in [0.4, 0.5) is 11.4 Å². The number of carbonyl (C=O) groups excluding carboxylic acids is 1. The Balaban J connectivity index is 1.55. The van der Waals surface area contributed by atoms with E-state index in [1.54, 1.807) is 36.4 Å². The lowest BCUT2D eigenvalue weighted by Gasteiger charge is -2.30. The summed E-state index contributed by atoms with van der Waals surface area (Å²) in [5.74, 6) is -0.290. The molecule has 0 unspecified atom stereocenters. The van der Waals surface area contributed by atoms with Gasteiger partial charge in [0.25, 0.3) is 15.9 Å². The molecule has 0 saturated carbocycles. The summed E-state index contributed by atoms with van der Waals surface area (Å²) in [4.78, 5) is 12.5. The van der Waals surface area contributed by atoms with Crippen molar-refractivity contribution in [3.8, 4) is 0 Å². The van der Waals surface area contributed by atoms with Crippen molar-refractivity contribution in [1.82, 2.24) is 0 Å². The number of hydrogen-bond acceptors (Lipinski definition) is 3. The van der Waals surface area contributed by atoms with Crippen molar-refractivity contribution in [3.63, 3.8) is 0 Å². The van der Waals surface area contributed by atoms with Crippen LogP contribution in [0.3, 0.4) is 0 Å². The van der Waals surface area contributed by atoms with E-state index in [-0.39, 0.29) is 10.8 Å². The van der Waals surface area contributed by atoms with Crippen LogP contribution in [0, 0.1) is 0 Å². The van der Waals surface area contributed by atoms with Gasteiger partial charge in [-0.3, -0.25) is 9.10 Å². The summed E-state index contributed by atoms with van der Waals surface area (Å²) in [6.07, 6.45) is 1.66. The lowest BCUT2D eigenvalue weighted by molar-refractivity contribution is 0.102. The molecule has 0 spiro atoms. The summed E-state index contributed by atoms with van der Waals surface area (Å²) >= 11 is 5.84. The highest BCUT2D eigenvalue weighted by molar-refractivity contribution is 7.92. The number of fused-ring (bicyclic) bond motifs is 1. The molecule has 29 heavy (non-hydrogen) atoms. The van der Waals surface area contributed by atoms with Gasteiger partial charge in [0.1, 0.15) is 0 Å². The fraction of sp³-hybridized carbons (Fsp3) is 0.136. The van der Waals surface area contributed by atoms with Crippen LogP contribution in [0.1, 0.15) is 22.3 Å². The van der Waals surface area contributed by atoms with Crippen LogP contribution in [0.25, 0.3) is 0 Å². The molecule has 7 heteroatoms. The number of rotatable bonds is 4. The third-order valence-corrected chi connectivity index (χ3v) is 6.95. The molecule has 0 atom stereocenters. The van der Waals surface area contributed by atoms with Crippen LogP contribution < -0.4 is 9.62 Å². The molecule has 0 aromatic heterocycles. The quantitative estimate of drug-likeness (QED) is 0.655. The van der Waals surface area contributed by atoms with Crippen LogP contribution in [-0.2, 0) is 16.4 Å². The van der Waals surface area contributed by atoms with E-state index in [9.17, 15) is 13.2 Å². The van der Waals surface area contributed by atoms with Gasteiger partial charge >= 0.3 is 0 Å². The Hall–Kier alpha value is -2.83. The molecule has 0 saturated heterocycles. The van der Waals surface area contributed by atoms with Crippen LogP contribution in [0.5, 0.6) is 0 Å². The molecule has 1 aliphatic heterocycles. The zero-order chi connectivity index (χ0) is 20.4. The first-order chi connectivity index (χ1) is 13.9. The number of aryl methyl sites for hydroxylation is 1. The summed E-state index contributed by atoms with van der Waals surface area (Å²) in [5.41, 5.74) is 2.76. The first kappa shape index (κ1) is 19.5. The van der Waals surface area contributed by atoms with E-state index < -0.39 is 10.0 Å². The molecule has 1 N–H and O–H groups in total. The molecule has 4 rings (SSSR count). The Kier molecular flexibility index (Phi) is 5.30. The van der Waals surface area contributed by atoms with E-state index in [0.29, 0.717) is 22.8 Å². The first-order valence-corrected chi connectivity index (χ1v) is 11.0. The summed E-state index contributed by atoms with van der Waals surface area (Å²) in [6, 6.07) is 20.3. The summed E-state index contributed by atoms with van der Waals surface area (Å²) in [5, 5.41) is 3.31. The Bertz CT molecular complexity index is 1140. The topological polar surface area (TPSA) is 66.5 Å². The molecule has 0 aliphatic carbocycles. The van der Waals surface area contributed by atoms with E-state index in [1.165, 1.54) is 16.4 Å². The smallest absolute Gasteiger partial charge is 0.264 e. The molecule has 148 valence electrons. The van der Waals surface area contributed by atoms with Gasteiger partial charge in [0.15, 0.2) is 0 Å². The third-order valence-electron chi connectivity index (χ3n) is 4.87. The molecule has 1 amide bonds. The Labute approximate surface area is 175 Å². The average molecular weight is 427 g/mol. The maximum absolute atomic E-state index is 13.2. The highest BCUT2D eigenvalue weighted by atomic mass is 35.5. The van der Waals surface area contributed by atoms with Gasteiger partial charge in [-0.25, -0.2) is 8.42 Å². The molecule has 5 nitrogen and oxygen atoms in total. The maximum Gasteiger partial charge on any atom is 0.264 e. The van der Waals surface area contributed by atoms with Crippen molar-refractivity contribution in [2.45, 2.75) is 17.7 Å². The Morgan fingerprint density at radius 2 is 1.62 bits per heavy atom. The second-order valence-electron chi connectivity index (χ2n) is 6.79. The average Bonchev–Trinajstić information content (AvgIpc) is 2.74. The third kappa shape index (κ3) is 3.99. The van der Waals surface area contributed by atoms with Gasteiger partial charge in [0, 0.05) is 22.8 Å². The fourth-order valence-electron chi connectivity index (χ4n) is 3.39. The SMILES string of the molecule is O=C(Nc1ccc(S(=O)(=O)N2CCCc3ccccc32)cc1)c1ccc(Cl)cc1. The first-order valence-electron chi connectivity index (χ1n) is 9.23. The molecule has 0 bridgehead atoms. The van der Waals surface area contributed by atoms with E-state index in [1.807, 2.05) is 24.3 Å². The van der Waals surface area contributed by atoms with Gasteiger partial charge < -0.3 is 5.32 Å². The maximum atomic E-state index is 13.2. The van der Waals surface area contributed by atoms with Crippen molar-refractivity contribution in [1.29, 1.82) is 0 Å². The van der Waals surface area contributed by atoms with Crippen LogP contribution in [-0.4, -0.2) is 20.9 Å². The molecular weight excluding hydrogens is 408 g/mol. The number of para-hydroxylation sites is 1. The zero-order valence-electron chi connectivity index (χ0n) is 15.5. The van der Waals surface area contributed by atoms with Gasteiger partial charge in [-0.15, -0.1) is 0 Å². The summed E-state index contributed by atoms with van der Waals surface area (Å²) in [6.45, 7) is 0.453. The zero-order valence-corrected chi connectivity index (χ0v) is 17.1. The molecular formula is C22H19ClN2O3S. The minimum Gasteiger partial charge on any atom is -0.322 e. The number of hydrogen-bond donors (Lipinski definition) is 1. The minimum atomic E-state index is -3.67. The monoisotopic (exact) mass is 426 g/mol. The summed E-state index contributed by atoms with van der Waals surface area (Å²) in [7, 11) is -3.67. The lowest BCUT2D eigenvalue weighted by atomic mass is 10.0. The van der Waals surface area contributed by atoms with Crippen molar-refractivity contribution in [2.24, 2.45) is 0 Å². The van der Waals surface area contributed by atoms with Crippen LogP contribution >= 0.6 is 11.6 Å². The number of nitrogens with zero attached hydrogens (tertiary/aromatic N) is 1. The molecule has 0 fully saturated rings. The summed E-state index contributed by atoms with van der Waals surface area (Å²) < 4.78 is 27.8. The molecule has 3 aromatic carbocycles. The van der Waals surface area contributed by atoms with E-state index in [4.69, 9.17) is 11.6 Å². The van der Waals surface area contributed by atoms with Crippen molar-refractivity contribution in [2.75, 3.05) is 16.2 Å². The number of sulfonamides is 1. The number of amides is 1. The normalized spacial score (nSPS) is 13.6. The standard InChI is InChI=1S/C22H19ClN2O3S/c23-18-9-7-17(8-10-18)22(26)24-19-11-13-20(14-12-19)29(27,28)25-15-3-5-16-4-1-2-6-21(16)25/h1-2,4,6-14H,3,5,15H2,(H,24,26). The number of halogens is 1. The van der Waals surface area contributed by atoms with Crippen molar-refractivity contribution in [3.05, 3.63) is 88.9 Å². The highest BCUT2D eigenvalue weighted by Gasteiger charge is 2.28. The number of benzene rings is 3. The molecule has 1 aliphatic rings. The van der Waals surface area contributed by atoms with Gasteiger partial charge in [0.2, 0.25) is 0 Å². The van der Waals surface area contributed by atoms with Gasteiger partial charge in [-0.1, -0.05) is 29.8 Å². The predicted molar refractivity (Wildman–Crippen MR) is 115 cm³/mol. The van der Waals surface area contributed by atoms with Crippen LogP contribution in [0.2, 0.25) is 5.02 Å². The minimum absolute atomic E-state index is 0.193. The van der Waals surface area contributed by atoms with Gasteiger partial charge in [0.05, 0.1) is 10.6 Å². The van der Waals surface area contributed by atoms with Gasteiger partial charge in [-0.05, 0) is 73.0 Å². The number of carbonyl (C=O) groups is 1. The predicted octanol–water partition coefficient (Wildman–Crippen LogP) is 4.73. The second-order valence-corrected chi connectivity index (χ2v) is 9.09. The lowest BCUT2D eigenvalue weighted by Crippen LogP contribution is -2.35.